The van der Waals surface area contributed by atoms with Crippen LogP contribution in [0.4, 0.5) is 5.82 Å². The highest BCUT2D eigenvalue weighted by atomic mass is 32.2. The number of quaternary nitrogens is 1. The fourth-order valence-electron chi connectivity index (χ4n) is 3.03. The van der Waals surface area contributed by atoms with E-state index in [9.17, 15) is 0 Å². The molecule has 0 aromatic carbocycles. The number of anilines is 1. The topological polar surface area (TPSA) is 51.5 Å². The van der Waals surface area contributed by atoms with Gasteiger partial charge in [-0.2, -0.15) is 0 Å². The van der Waals surface area contributed by atoms with Crippen molar-refractivity contribution in [3.05, 3.63) is 10.4 Å². The van der Waals surface area contributed by atoms with Crippen LogP contribution in [0.5, 0.6) is 0 Å². The van der Waals surface area contributed by atoms with Crippen molar-refractivity contribution in [2.45, 2.75) is 51.0 Å². The van der Waals surface area contributed by atoms with Gasteiger partial charge in [0.1, 0.15) is 10.6 Å². The molecule has 2 aromatic heterocycles. The molecule has 2 N–H and O–H groups in total. The predicted octanol–water partition coefficient (Wildman–Crippen LogP) is 2.60. The molecule has 25 heavy (non-hydrogen) atoms. The third kappa shape index (κ3) is 4.10. The number of nitrogens with zero attached hydrogens (tertiary/aromatic N) is 2. The van der Waals surface area contributed by atoms with E-state index in [1.165, 1.54) is 20.7 Å². The standard InChI is InChI=1S/C18H28N4OS2/c1-6-18(3)10-12-13(11-23-18)25-16-14(12)15(19-8-9-22(4)5)20-17(21-16)24-7-2/h6-11H2,1-5H3,(H,19,20,21)/p+1/t18-/m1/s1. The zero-order valence-electron chi connectivity index (χ0n) is 15.9. The van der Waals surface area contributed by atoms with Crippen LogP contribution in [0, 0.1) is 0 Å². The van der Waals surface area contributed by atoms with Gasteiger partial charge in [0.15, 0.2) is 5.16 Å². The Morgan fingerprint density at radius 3 is 2.80 bits per heavy atom. The van der Waals surface area contributed by atoms with Gasteiger partial charge in [0.2, 0.25) is 0 Å². The molecule has 0 saturated carbocycles. The SMILES string of the molecule is CCSc1nc(NCC[NH+](C)C)c2c3c(sc2n1)CO[C@](C)(CC)C3. The third-order valence-electron chi connectivity index (χ3n) is 4.75. The monoisotopic (exact) mass is 381 g/mol. The van der Waals surface area contributed by atoms with Crippen molar-refractivity contribution >= 4 is 39.1 Å². The number of rotatable bonds is 7. The number of thiophene rings is 1. The van der Waals surface area contributed by atoms with Gasteiger partial charge >= 0.3 is 0 Å². The highest BCUT2D eigenvalue weighted by Gasteiger charge is 2.33. The Morgan fingerprint density at radius 1 is 1.32 bits per heavy atom. The second-order valence-corrected chi connectivity index (χ2v) is 9.44. The van der Waals surface area contributed by atoms with E-state index < -0.39 is 0 Å². The van der Waals surface area contributed by atoms with Crippen molar-refractivity contribution in [1.29, 1.82) is 0 Å². The number of aromatic nitrogens is 2. The summed E-state index contributed by atoms with van der Waals surface area (Å²) in [6.45, 7) is 9.22. The minimum absolute atomic E-state index is 0.0805. The molecule has 0 saturated heterocycles. The third-order valence-corrected chi connectivity index (χ3v) is 6.58. The Kier molecular flexibility index (Phi) is 5.88. The number of nitrogens with one attached hydrogen (secondary N) is 2. The quantitative estimate of drug-likeness (QED) is 0.570. The van der Waals surface area contributed by atoms with Gasteiger partial charge in [0, 0.05) is 11.3 Å². The molecule has 3 rings (SSSR count). The molecule has 0 bridgehead atoms. The van der Waals surface area contributed by atoms with E-state index in [1.54, 1.807) is 23.1 Å². The number of thioether (sulfide) groups is 1. The predicted molar refractivity (Wildman–Crippen MR) is 107 cm³/mol. The van der Waals surface area contributed by atoms with Crippen LogP contribution < -0.4 is 10.2 Å². The van der Waals surface area contributed by atoms with Crippen molar-refractivity contribution in [1.82, 2.24) is 9.97 Å². The average Bonchev–Trinajstić information content (AvgIpc) is 2.92. The lowest BCUT2D eigenvalue weighted by Crippen LogP contribution is -3.06. The highest BCUT2D eigenvalue weighted by Crippen LogP contribution is 2.42. The van der Waals surface area contributed by atoms with Crippen LogP contribution in [0.25, 0.3) is 10.2 Å². The van der Waals surface area contributed by atoms with Crippen molar-refractivity contribution in [2.75, 3.05) is 38.3 Å². The van der Waals surface area contributed by atoms with Crippen LogP contribution in [0.15, 0.2) is 5.16 Å². The van der Waals surface area contributed by atoms with Gasteiger partial charge in [-0.3, -0.25) is 0 Å². The normalized spacial score (nSPS) is 20.2. The molecule has 1 aliphatic heterocycles. The molecule has 1 aliphatic rings. The smallest absolute Gasteiger partial charge is 0.190 e. The Labute approximate surface area is 158 Å². The maximum Gasteiger partial charge on any atom is 0.190 e. The number of hydrogen-bond acceptors (Lipinski definition) is 6. The maximum absolute atomic E-state index is 6.13. The molecule has 0 unspecified atom stereocenters. The van der Waals surface area contributed by atoms with E-state index in [-0.39, 0.29) is 5.60 Å². The molecule has 138 valence electrons. The van der Waals surface area contributed by atoms with Crippen LogP contribution in [0.2, 0.25) is 0 Å². The Bertz CT molecular complexity index is 746. The lowest BCUT2D eigenvalue weighted by molar-refractivity contribution is -0.856. The molecule has 0 fully saturated rings. The van der Waals surface area contributed by atoms with Crippen molar-refractivity contribution in [3.8, 4) is 0 Å². The zero-order chi connectivity index (χ0) is 18.0. The fourth-order valence-corrected chi connectivity index (χ4v) is 4.76. The van der Waals surface area contributed by atoms with Crippen molar-refractivity contribution in [3.63, 3.8) is 0 Å². The summed E-state index contributed by atoms with van der Waals surface area (Å²) in [5.41, 5.74) is 1.31. The first-order valence-corrected chi connectivity index (χ1v) is 10.9. The molecular weight excluding hydrogens is 352 g/mol. The average molecular weight is 382 g/mol. The molecule has 1 atom stereocenters. The van der Waals surface area contributed by atoms with Gasteiger partial charge in [-0.15, -0.1) is 11.3 Å². The number of fused-ring (bicyclic) bond motifs is 3. The molecule has 0 spiro atoms. The summed E-state index contributed by atoms with van der Waals surface area (Å²) in [5.74, 6) is 1.98. The zero-order valence-corrected chi connectivity index (χ0v) is 17.5. The summed E-state index contributed by atoms with van der Waals surface area (Å²) in [6, 6.07) is 0. The molecule has 5 nitrogen and oxygen atoms in total. The summed E-state index contributed by atoms with van der Waals surface area (Å²) in [6.07, 6.45) is 1.96. The molecule has 0 radical (unpaired) electrons. The Morgan fingerprint density at radius 2 is 2.12 bits per heavy atom. The minimum Gasteiger partial charge on any atom is -0.369 e. The fraction of sp³-hybridized carbons (Fsp3) is 0.667. The number of ether oxygens (including phenoxy) is 1. The highest BCUT2D eigenvalue weighted by molar-refractivity contribution is 7.99. The van der Waals surface area contributed by atoms with Crippen LogP contribution in [0.1, 0.15) is 37.6 Å². The number of hydrogen-bond donors (Lipinski definition) is 2. The largest absolute Gasteiger partial charge is 0.369 e. The van der Waals surface area contributed by atoms with Crippen LogP contribution in [-0.4, -0.2) is 48.5 Å². The van der Waals surface area contributed by atoms with E-state index in [0.717, 1.165) is 47.5 Å². The lowest BCUT2D eigenvalue weighted by Gasteiger charge is -2.33. The van der Waals surface area contributed by atoms with Crippen LogP contribution in [-0.2, 0) is 17.8 Å². The van der Waals surface area contributed by atoms with E-state index in [2.05, 4.69) is 40.2 Å². The van der Waals surface area contributed by atoms with Crippen molar-refractivity contribution < 1.29 is 9.64 Å². The first-order valence-electron chi connectivity index (χ1n) is 9.07. The summed E-state index contributed by atoms with van der Waals surface area (Å²) < 4.78 is 6.13. The summed E-state index contributed by atoms with van der Waals surface area (Å²) >= 11 is 3.47. The van der Waals surface area contributed by atoms with Crippen LogP contribution >= 0.6 is 23.1 Å². The van der Waals surface area contributed by atoms with Crippen LogP contribution in [0.3, 0.4) is 0 Å². The first kappa shape index (κ1) is 18.9. The summed E-state index contributed by atoms with van der Waals surface area (Å²) in [4.78, 5) is 13.5. The van der Waals surface area contributed by atoms with Gasteiger partial charge in [0.25, 0.3) is 0 Å². The Balaban J connectivity index is 2.02. The molecular formula is C18H29N4OS2+. The molecule has 0 aliphatic carbocycles. The lowest BCUT2D eigenvalue weighted by atomic mass is 9.90. The minimum atomic E-state index is -0.0805. The van der Waals surface area contributed by atoms with Gasteiger partial charge in [-0.25, -0.2) is 9.97 Å². The summed E-state index contributed by atoms with van der Waals surface area (Å²) in [7, 11) is 4.35. The first-order chi connectivity index (χ1) is 12.0. The molecule has 0 amide bonds. The van der Waals surface area contributed by atoms with Gasteiger partial charge in [0.05, 0.1) is 44.8 Å². The van der Waals surface area contributed by atoms with Gasteiger partial charge in [-0.1, -0.05) is 25.6 Å². The van der Waals surface area contributed by atoms with Gasteiger partial charge < -0.3 is 15.0 Å². The maximum atomic E-state index is 6.13. The molecule has 2 aromatic rings. The second-order valence-electron chi connectivity index (χ2n) is 7.12. The number of likely N-dealkylation sites (N-methyl/N-ethyl adjacent to an activating group) is 1. The van der Waals surface area contributed by atoms with Gasteiger partial charge in [-0.05, 0) is 24.7 Å². The van der Waals surface area contributed by atoms with E-state index >= 15 is 0 Å². The second kappa shape index (κ2) is 7.78. The molecule has 3 heterocycles. The molecule has 7 heteroatoms. The Hall–Kier alpha value is -0.890. The van der Waals surface area contributed by atoms with E-state index in [1.807, 2.05) is 0 Å². The van der Waals surface area contributed by atoms with E-state index in [4.69, 9.17) is 14.7 Å². The van der Waals surface area contributed by atoms with E-state index in [0.29, 0.717) is 6.61 Å². The van der Waals surface area contributed by atoms with Crippen molar-refractivity contribution in [2.24, 2.45) is 0 Å². The summed E-state index contributed by atoms with van der Waals surface area (Å²) in [5, 5.41) is 5.67.